The molecule has 0 spiro atoms. The molecule has 110 valence electrons. The van der Waals surface area contributed by atoms with Gasteiger partial charge in [0.1, 0.15) is 23.2 Å². The van der Waals surface area contributed by atoms with Gasteiger partial charge in [0.05, 0.1) is 0 Å². The summed E-state index contributed by atoms with van der Waals surface area (Å²) in [7, 11) is 0. The molecular weight excluding hydrogens is 274 g/mol. The van der Waals surface area contributed by atoms with E-state index in [1.165, 1.54) is 6.08 Å². The highest BCUT2D eigenvalue weighted by Gasteiger charge is 2.36. The Balaban J connectivity index is 1.87. The first-order chi connectivity index (χ1) is 10.6. The fraction of sp³-hybridized carbons (Fsp3) is 0.263. The van der Waals surface area contributed by atoms with Gasteiger partial charge in [-0.3, -0.25) is 4.79 Å². The molecule has 0 aliphatic heterocycles. The molecule has 0 N–H and O–H groups in total. The van der Waals surface area contributed by atoms with Gasteiger partial charge in [-0.25, -0.2) is 0 Å². The Morgan fingerprint density at radius 1 is 1.32 bits per heavy atom. The van der Waals surface area contributed by atoms with Gasteiger partial charge in [0, 0.05) is 17.6 Å². The zero-order valence-electron chi connectivity index (χ0n) is 12.7. The van der Waals surface area contributed by atoms with Crippen LogP contribution in [0.5, 0.6) is 0 Å². The summed E-state index contributed by atoms with van der Waals surface area (Å²) in [6.45, 7) is 4.05. The van der Waals surface area contributed by atoms with E-state index < -0.39 is 0 Å². The molecule has 2 aromatic rings. The molecule has 1 saturated carbocycles. The Bertz CT molecular complexity index is 792. The van der Waals surface area contributed by atoms with E-state index in [1.54, 1.807) is 12.1 Å². The first-order valence-corrected chi connectivity index (χ1v) is 7.42. The molecule has 0 radical (unpaired) electrons. The van der Waals surface area contributed by atoms with Crippen molar-refractivity contribution >= 4 is 11.9 Å². The van der Waals surface area contributed by atoms with Crippen LogP contribution in [0.1, 0.15) is 46.7 Å². The van der Waals surface area contributed by atoms with Gasteiger partial charge in [-0.1, -0.05) is 31.2 Å². The van der Waals surface area contributed by atoms with E-state index in [1.807, 2.05) is 37.3 Å². The van der Waals surface area contributed by atoms with Crippen molar-refractivity contribution in [2.24, 2.45) is 5.92 Å². The summed E-state index contributed by atoms with van der Waals surface area (Å²) >= 11 is 0. The molecule has 0 saturated heterocycles. The first kappa shape index (κ1) is 14.3. The lowest BCUT2D eigenvalue weighted by Gasteiger charge is -2.02. The van der Waals surface area contributed by atoms with Crippen LogP contribution in [0.4, 0.5) is 0 Å². The molecular formula is C19H17NO2. The third-order valence-corrected chi connectivity index (χ3v) is 4.16. The Kier molecular flexibility index (Phi) is 3.68. The van der Waals surface area contributed by atoms with Gasteiger partial charge >= 0.3 is 0 Å². The smallest absolute Gasteiger partial charge is 0.203 e. The molecule has 1 aliphatic rings. The van der Waals surface area contributed by atoms with Gasteiger partial charge in [-0.05, 0) is 37.0 Å². The number of allylic oxidation sites excluding steroid dienone is 1. The number of ketones is 1. The van der Waals surface area contributed by atoms with E-state index in [0.717, 1.165) is 17.7 Å². The Morgan fingerprint density at radius 2 is 2.05 bits per heavy atom. The normalized spacial score (nSPS) is 20.5. The monoisotopic (exact) mass is 291 g/mol. The van der Waals surface area contributed by atoms with Gasteiger partial charge in [0.2, 0.25) is 5.78 Å². The van der Waals surface area contributed by atoms with Crippen LogP contribution in [0.25, 0.3) is 6.08 Å². The molecule has 3 rings (SSSR count). The number of rotatable bonds is 4. The van der Waals surface area contributed by atoms with E-state index >= 15 is 0 Å². The fourth-order valence-corrected chi connectivity index (χ4v) is 2.63. The Labute approximate surface area is 129 Å². The SMILES string of the molecule is Cc1ccccc1C(=O)/C(C#N)=C/c1ccc([C@@H]2C[C@H]2C)o1. The van der Waals surface area contributed by atoms with Gasteiger partial charge < -0.3 is 4.42 Å². The van der Waals surface area contributed by atoms with Gasteiger partial charge in [0.25, 0.3) is 0 Å². The molecule has 0 bridgehead atoms. The predicted octanol–water partition coefficient (Wildman–Crippen LogP) is 4.50. The average molecular weight is 291 g/mol. The lowest BCUT2D eigenvalue weighted by molar-refractivity contribution is 0.103. The molecule has 1 fully saturated rings. The first-order valence-electron chi connectivity index (χ1n) is 7.42. The maximum Gasteiger partial charge on any atom is 0.203 e. The minimum Gasteiger partial charge on any atom is -0.461 e. The summed E-state index contributed by atoms with van der Waals surface area (Å²) in [5.74, 6) is 2.39. The number of carbonyl (C=O) groups excluding carboxylic acids is 1. The van der Waals surface area contributed by atoms with Crippen LogP contribution in [0.3, 0.4) is 0 Å². The number of hydrogen-bond acceptors (Lipinski definition) is 3. The maximum atomic E-state index is 12.5. The molecule has 1 aromatic carbocycles. The van der Waals surface area contributed by atoms with Crippen LogP contribution in [0, 0.1) is 24.2 Å². The highest BCUT2D eigenvalue weighted by molar-refractivity contribution is 6.14. The van der Waals surface area contributed by atoms with E-state index in [0.29, 0.717) is 23.2 Å². The molecule has 3 heteroatoms. The minimum atomic E-state index is -0.265. The van der Waals surface area contributed by atoms with Gasteiger partial charge in [-0.2, -0.15) is 5.26 Å². The second-order valence-electron chi connectivity index (χ2n) is 5.87. The second-order valence-corrected chi connectivity index (χ2v) is 5.87. The number of nitriles is 1. The summed E-state index contributed by atoms with van der Waals surface area (Å²) in [5, 5.41) is 9.30. The van der Waals surface area contributed by atoms with E-state index in [2.05, 4.69) is 6.92 Å². The lowest BCUT2D eigenvalue weighted by atomic mass is 9.99. The number of benzene rings is 1. The van der Waals surface area contributed by atoms with Crippen molar-refractivity contribution in [2.75, 3.05) is 0 Å². The number of carbonyl (C=O) groups is 1. The van der Waals surface area contributed by atoms with Crippen molar-refractivity contribution in [1.29, 1.82) is 5.26 Å². The minimum absolute atomic E-state index is 0.0963. The second kappa shape index (κ2) is 5.65. The molecule has 2 atom stereocenters. The summed E-state index contributed by atoms with van der Waals surface area (Å²) in [6, 6.07) is 13.0. The van der Waals surface area contributed by atoms with Crippen LogP contribution in [-0.2, 0) is 0 Å². The van der Waals surface area contributed by atoms with Crippen molar-refractivity contribution in [1.82, 2.24) is 0 Å². The van der Waals surface area contributed by atoms with Gasteiger partial charge in [-0.15, -0.1) is 0 Å². The number of nitrogens with zero attached hydrogens (tertiary/aromatic N) is 1. The van der Waals surface area contributed by atoms with Crippen molar-refractivity contribution in [3.8, 4) is 6.07 Å². The van der Waals surface area contributed by atoms with E-state index in [9.17, 15) is 10.1 Å². The standard InChI is InChI=1S/C19H17NO2/c1-12-5-3-4-6-16(12)19(21)14(11-20)10-15-7-8-18(22-15)17-9-13(17)2/h3-8,10,13,17H,9H2,1-2H3/b14-10+/t13-,17-/m1/s1. The summed E-state index contributed by atoms with van der Waals surface area (Å²) in [4.78, 5) is 12.5. The quantitative estimate of drug-likeness (QED) is 0.473. The van der Waals surface area contributed by atoms with Crippen LogP contribution in [0.15, 0.2) is 46.4 Å². The van der Waals surface area contributed by atoms with Crippen molar-refractivity contribution < 1.29 is 9.21 Å². The third-order valence-electron chi connectivity index (χ3n) is 4.16. The molecule has 1 heterocycles. The number of aryl methyl sites for hydroxylation is 1. The van der Waals surface area contributed by atoms with Crippen molar-refractivity contribution in [2.45, 2.75) is 26.2 Å². The van der Waals surface area contributed by atoms with Crippen molar-refractivity contribution in [3.63, 3.8) is 0 Å². The fourth-order valence-electron chi connectivity index (χ4n) is 2.63. The molecule has 3 nitrogen and oxygen atoms in total. The Morgan fingerprint density at radius 3 is 2.68 bits per heavy atom. The van der Waals surface area contributed by atoms with Gasteiger partial charge in [0.15, 0.2) is 0 Å². The Hall–Kier alpha value is -2.60. The highest BCUT2D eigenvalue weighted by atomic mass is 16.3. The maximum absolute atomic E-state index is 12.5. The zero-order chi connectivity index (χ0) is 15.7. The largest absolute Gasteiger partial charge is 0.461 e. The number of Topliss-reactive ketones (excluding diaryl/α,β-unsaturated/α-hetero) is 1. The molecule has 0 amide bonds. The zero-order valence-corrected chi connectivity index (χ0v) is 12.7. The topological polar surface area (TPSA) is 54.0 Å². The van der Waals surface area contributed by atoms with Crippen LogP contribution >= 0.6 is 0 Å². The number of furan rings is 1. The average Bonchev–Trinajstić information content (AvgIpc) is 3.07. The van der Waals surface area contributed by atoms with Crippen LogP contribution in [-0.4, -0.2) is 5.78 Å². The summed E-state index contributed by atoms with van der Waals surface area (Å²) in [6.07, 6.45) is 2.68. The van der Waals surface area contributed by atoms with E-state index in [-0.39, 0.29) is 11.4 Å². The van der Waals surface area contributed by atoms with Crippen LogP contribution < -0.4 is 0 Å². The molecule has 1 aliphatic carbocycles. The predicted molar refractivity (Wildman–Crippen MR) is 84.3 cm³/mol. The lowest BCUT2D eigenvalue weighted by Crippen LogP contribution is -2.03. The third kappa shape index (κ3) is 2.73. The highest BCUT2D eigenvalue weighted by Crippen LogP contribution is 2.47. The summed E-state index contributed by atoms with van der Waals surface area (Å²) in [5.41, 5.74) is 1.51. The molecule has 0 unspecified atom stereocenters. The van der Waals surface area contributed by atoms with Crippen molar-refractivity contribution in [3.05, 3.63) is 64.6 Å². The summed E-state index contributed by atoms with van der Waals surface area (Å²) < 4.78 is 5.75. The van der Waals surface area contributed by atoms with Crippen LogP contribution in [0.2, 0.25) is 0 Å². The number of hydrogen-bond donors (Lipinski definition) is 0. The molecule has 22 heavy (non-hydrogen) atoms. The van der Waals surface area contributed by atoms with E-state index in [4.69, 9.17) is 4.42 Å². The molecule has 1 aromatic heterocycles.